The predicted octanol–water partition coefficient (Wildman–Crippen LogP) is 5.83. The number of oxime groups is 1. The molecule has 1 aromatic carbocycles. The quantitative estimate of drug-likeness (QED) is 0.328. The second-order valence-electron chi connectivity index (χ2n) is 7.74. The van der Waals surface area contributed by atoms with Gasteiger partial charge in [0.25, 0.3) is 5.91 Å². The average molecular weight is 442 g/mol. The lowest BCUT2D eigenvalue weighted by Crippen LogP contribution is -2.36. The highest BCUT2D eigenvalue weighted by molar-refractivity contribution is 5.93. The molecule has 0 aromatic heterocycles. The van der Waals surface area contributed by atoms with Crippen LogP contribution >= 0.6 is 0 Å². The summed E-state index contributed by atoms with van der Waals surface area (Å²) in [5.41, 5.74) is -4.27. The average Bonchev–Trinajstić information content (AvgIpc) is 2.57. The highest BCUT2D eigenvalue weighted by atomic mass is 19.4. The zero-order chi connectivity index (χ0) is 22.7. The molecule has 168 valence electrons. The molecule has 1 saturated carbocycles. The Balaban J connectivity index is 2.12. The summed E-state index contributed by atoms with van der Waals surface area (Å²) in [7, 11) is 0. The van der Waals surface area contributed by atoms with Crippen molar-refractivity contribution in [1.29, 1.82) is 0 Å². The molecule has 1 aromatic rings. The molecule has 1 aliphatic rings. The van der Waals surface area contributed by atoms with Gasteiger partial charge in [-0.3, -0.25) is 9.18 Å². The Labute approximate surface area is 168 Å². The fourth-order valence-corrected chi connectivity index (χ4v) is 2.89. The number of halogens is 7. The molecule has 1 amide bonds. The van der Waals surface area contributed by atoms with Crippen LogP contribution in [0, 0.1) is 11.3 Å². The Morgan fingerprint density at radius 2 is 1.60 bits per heavy atom. The van der Waals surface area contributed by atoms with Crippen LogP contribution in [0.2, 0.25) is 0 Å². The van der Waals surface area contributed by atoms with Crippen molar-refractivity contribution in [2.45, 2.75) is 45.5 Å². The van der Waals surface area contributed by atoms with Gasteiger partial charge in [-0.1, -0.05) is 25.4 Å². The van der Waals surface area contributed by atoms with Crippen molar-refractivity contribution in [3.8, 4) is 0 Å². The minimum absolute atomic E-state index is 0.0108. The van der Waals surface area contributed by atoms with Crippen LogP contribution in [0.15, 0.2) is 23.4 Å². The van der Waals surface area contributed by atoms with Crippen LogP contribution in [0.4, 0.5) is 36.4 Å². The molecule has 4 nitrogen and oxygen atoms in total. The van der Waals surface area contributed by atoms with Crippen LogP contribution < -0.4 is 5.32 Å². The van der Waals surface area contributed by atoms with Crippen LogP contribution in [-0.4, -0.2) is 24.9 Å². The third-order valence-corrected chi connectivity index (χ3v) is 4.75. The van der Waals surface area contributed by atoms with Gasteiger partial charge >= 0.3 is 12.4 Å². The largest absolute Gasteiger partial charge is 0.416 e. The zero-order valence-electron chi connectivity index (χ0n) is 16.3. The highest BCUT2D eigenvalue weighted by Gasteiger charge is 2.37. The predicted molar refractivity (Wildman–Crippen MR) is 95.6 cm³/mol. The van der Waals surface area contributed by atoms with Crippen LogP contribution in [0.25, 0.3) is 0 Å². The first-order valence-corrected chi connectivity index (χ1v) is 9.09. The molecule has 0 aliphatic heterocycles. The van der Waals surface area contributed by atoms with Gasteiger partial charge in [0, 0.05) is 17.0 Å². The Morgan fingerprint density at radius 3 is 2.00 bits per heavy atom. The number of rotatable bonds is 7. The molecule has 1 aliphatic carbocycles. The maximum Gasteiger partial charge on any atom is 0.416 e. The molecule has 0 saturated heterocycles. The van der Waals surface area contributed by atoms with Crippen LogP contribution in [0.1, 0.15) is 44.2 Å². The molecule has 30 heavy (non-hydrogen) atoms. The molecule has 0 heterocycles. The van der Waals surface area contributed by atoms with Crippen molar-refractivity contribution in [1.82, 2.24) is 0 Å². The lowest BCUT2D eigenvalue weighted by atomic mass is 9.72. The summed E-state index contributed by atoms with van der Waals surface area (Å²) in [6, 6.07) is 0.741. The standard InChI is InChI=1S/C19H21F7N2O2/c1-17(2,10-20)16(11-4-3-5-11)28-30-9-15(29)27-14-7-12(18(21,22)23)6-13(8-14)19(24,25)26/h6-8,11H,3-5,9-10H2,1-2H3,(H,27,29)/b28-16+. The first-order chi connectivity index (χ1) is 13.7. The van der Waals surface area contributed by atoms with Gasteiger partial charge in [-0.15, -0.1) is 0 Å². The Kier molecular flexibility index (Phi) is 7.03. The van der Waals surface area contributed by atoms with E-state index in [1.54, 1.807) is 13.8 Å². The molecule has 1 N–H and O–H groups in total. The van der Waals surface area contributed by atoms with Gasteiger partial charge < -0.3 is 10.2 Å². The lowest BCUT2D eigenvalue weighted by molar-refractivity contribution is -0.143. The maximum absolute atomic E-state index is 13.3. The van der Waals surface area contributed by atoms with Gasteiger partial charge in [0.05, 0.1) is 23.5 Å². The third kappa shape index (κ3) is 6.09. The first-order valence-electron chi connectivity index (χ1n) is 9.09. The summed E-state index contributed by atoms with van der Waals surface area (Å²) >= 11 is 0. The van der Waals surface area contributed by atoms with E-state index in [1.807, 2.05) is 5.32 Å². The Morgan fingerprint density at radius 1 is 1.07 bits per heavy atom. The molecule has 0 atom stereocenters. The summed E-state index contributed by atoms with van der Waals surface area (Å²) in [4.78, 5) is 16.9. The van der Waals surface area contributed by atoms with E-state index in [-0.39, 0.29) is 12.0 Å². The zero-order valence-corrected chi connectivity index (χ0v) is 16.3. The van der Waals surface area contributed by atoms with E-state index >= 15 is 0 Å². The van der Waals surface area contributed by atoms with Gasteiger partial charge in [-0.05, 0) is 31.0 Å². The van der Waals surface area contributed by atoms with Crippen molar-refractivity contribution in [2.24, 2.45) is 16.5 Å². The van der Waals surface area contributed by atoms with Gasteiger partial charge in [0.1, 0.15) is 0 Å². The van der Waals surface area contributed by atoms with Crippen molar-refractivity contribution < 1.29 is 40.4 Å². The van der Waals surface area contributed by atoms with E-state index in [9.17, 15) is 35.5 Å². The van der Waals surface area contributed by atoms with Crippen molar-refractivity contribution in [3.05, 3.63) is 29.3 Å². The number of nitrogens with zero attached hydrogens (tertiary/aromatic N) is 1. The second-order valence-corrected chi connectivity index (χ2v) is 7.74. The van der Waals surface area contributed by atoms with E-state index in [0.717, 1.165) is 19.3 Å². The number of anilines is 1. The molecular weight excluding hydrogens is 421 g/mol. The first kappa shape index (κ1) is 23.9. The molecule has 2 rings (SSSR count). The summed E-state index contributed by atoms with van der Waals surface area (Å²) in [6.07, 6.45) is -7.53. The van der Waals surface area contributed by atoms with Crippen LogP contribution in [-0.2, 0) is 22.0 Å². The summed E-state index contributed by atoms with van der Waals surface area (Å²) in [5.74, 6) is -0.992. The number of nitrogens with one attached hydrogen (secondary N) is 1. The van der Waals surface area contributed by atoms with E-state index in [2.05, 4.69) is 5.16 Å². The van der Waals surface area contributed by atoms with Crippen molar-refractivity contribution >= 4 is 17.3 Å². The lowest BCUT2D eigenvalue weighted by Gasteiger charge is -2.34. The smallest absolute Gasteiger partial charge is 0.386 e. The van der Waals surface area contributed by atoms with Gasteiger partial charge in [-0.2, -0.15) is 26.3 Å². The SMILES string of the molecule is CC(C)(CF)/C(=N/OCC(=O)Nc1cc(C(F)(F)F)cc(C(F)(F)F)c1)C1CCC1. The highest BCUT2D eigenvalue weighted by Crippen LogP contribution is 2.38. The van der Waals surface area contributed by atoms with E-state index in [1.165, 1.54) is 0 Å². The molecule has 0 unspecified atom stereocenters. The van der Waals surface area contributed by atoms with Crippen LogP contribution in [0.3, 0.4) is 0 Å². The topological polar surface area (TPSA) is 50.7 Å². The van der Waals surface area contributed by atoms with Crippen LogP contribution in [0.5, 0.6) is 0 Å². The fourth-order valence-electron chi connectivity index (χ4n) is 2.89. The van der Waals surface area contributed by atoms with Gasteiger partial charge in [0.2, 0.25) is 0 Å². The Bertz CT molecular complexity index is 765. The number of benzene rings is 1. The van der Waals surface area contributed by atoms with E-state index in [0.29, 0.717) is 17.8 Å². The number of amides is 1. The van der Waals surface area contributed by atoms with Gasteiger partial charge in [0.15, 0.2) is 6.61 Å². The number of carbonyl (C=O) groups excluding carboxylic acids is 1. The maximum atomic E-state index is 13.3. The van der Waals surface area contributed by atoms with Crippen molar-refractivity contribution in [3.63, 3.8) is 0 Å². The minimum Gasteiger partial charge on any atom is -0.386 e. The molecule has 0 radical (unpaired) electrons. The molecule has 1 fully saturated rings. The van der Waals surface area contributed by atoms with E-state index in [4.69, 9.17) is 4.84 Å². The molecule has 11 heteroatoms. The Hall–Kier alpha value is -2.33. The number of carbonyl (C=O) groups is 1. The molecule has 0 bridgehead atoms. The monoisotopic (exact) mass is 442 g/mol. The summed E-state index contributed by atoms with van der Waals surface area (Å²) in [5, 5.41) is 5.78. The normalized spacial score (nSPS) is 16.2. The molecular formula is C19H21F7N2O2. The van der Waals surface area contributed by atoms with Gasteiger partial charge in [-0.25, -0.2) is 0 Å². The summed E-state index contributed by atoms with van der Waals surface area (Å²) in [6.45, 7) is 1.78. The third-order valence-electron chi connectivity index (χ3n) is 4.75. The number of alkyl halides is 7. The molecule has 0 spiro atoms. The second kappa shape index (κ2) is 8.81. The number of hydrogen-bond acceptors (Lipinski definition) is 3. The summed E-state index contributed by atoms with van der Waals surface area (Å²) < 4.78 is 90.5. The van der Waals surface area contributed by atoms with Crippen molar-refractivity contribution in [2.75, 3.05) is 18.6 Å². The minimum atomic E-state index is -5.03. The fraction of sp³-hybridized carbons (Fsp3) is 0.579. The van der Waals surface area contributed by atoms with E-state index < -0.39 is 53.8 Å². The number of hydrogen-bond donors (Lipinski definition) is 1.